The summed E-state index contributed by atoms with van der Waals surface area (Å²) >= 11 is 0. The van der Waals surface area contributed by atoms with Gasteiger partial charge in [-0.3, -0.25) is 0 Å². The molecule has 1 aliphatic rings. The molecule has 0 bridgehead atoms. The Morgan fingerprint density at radius 3 is 2.79 bits per heavy atom. The van der Waals surface area contributed by atoms with E-state index in [0.29, 0.717) is 12.0 Å². The minimum atomic E-state index is 0.538. The van der Waals surface area contributed by atoms with Crippen molar-refractivity contribution in [3.05, 3.63) is 42.1 Å². The zero-order chi connectivity index (χ0) is 13.1. The molecule has 1 aromatic heterocycles. The summed E-state index contributed by atoms with van der Waals surface area (Å²) in [5.41, 5.74) is 1.25. The molecule has 0 amide bonds. The Kier molecular flexibility index (Phi) is 3.27. The second-order valence-corrected chi connectivity index (χ2v) is 4.90. The molecule has 2 aromatic rings. The molecule has 0 saturated heterocycles. The maximum absolute atomic E-state index is 4.49. The zero-order valence-electron chi connectivity index (χ0n) is 11.0. The highest BCUT2D eigenvalue weighted by Gasteiger charge is 2.22. The van der Waals surface area contributed by atoms with Crippen LogP contribution < -0.4 is 10.2 Å². The Balaban J connectivity index is 1.70. The molecule has 5 heteroatoms. The third-order valence-electron chi connectivity index (χ3n) is 3.11. The molecule has 19 heavy (non-hydrogen) atoms. The lowest BCUT2D eigenvalue weighted by atomic mass is 10.2. The van der Waals surface area contributed by atoms with Crippen molar-refractivity contribution in [3.8, 4) is 0 Å². The highest BCUT2D eigenvalue weighted by Crippen LogP contribution is 2.23. The molecule has 1 aliphatic carbocycles. The highest BCUT2D eigenvalue weighted by molar-refractivity contribution is 5.41. The average molecular weight is 255 g/mol. The molecule has 1 saturated carbocycles. The van der Waals surface area contributed by atoms with Crippen LogP contribution in [0, 0.1) is 0 Å². The van der Waals surface area contributed by atoms with Crippen molar-refractivity contribution < 1.29 is 0 Å². The molecule has 98 valence electrons. The van der Waals surface area contributed by atoms with Crippen LogP contribution in [0.2, 0.25) is 0 Å². The fraction of sp³-hybridized carbons (Fsp3) is 0.357. The monoisotopic (exact) mass is 255 g/mol. The van der Waals surface area contributed by atoms with Gasteiger partial charge in [-0.05, 0) is 18.4 Å². The second-order valence-electron chi connectivity index (χ2n) is 4.90. The molecule has 0 unspecified atom stereocenters. The summed E-state index contributed by atoms with van der Waals surface area (Å²) in [6, 6.07) is 10.9. The standard InChI is InChI=1S/C14H17N5/c1-19(10-11-5-3-2-4-6-11)13-9-15-18-14(17-13)16-12-7-8-12/h2-6,9,12H,7-8,10H2,1H3,(H,16,17,18). The Bertz CT molecular complexity index is 539. The zero-order valence-corrected chi connectivity index (χ0v) is 11.0. The van der Waals surface area contributed by atoms with Crippen LogP contribution in [-0.2, 0) is 6.54 Å². The van der Waals surface area contributed by atoms with E-state index in [-0.39, 0.29) is 0 Å². The Hall–Kier alpha value is -2.17. The topological polar surface area (TPSA) is 53.9 Å². The number of anilines is 2. The summed E-state index contributed by atoms with van der Waals surface area (Å²) < 4.78 is 0. The highest BCUT2D eigenvalue weighted by atomic mass is 15.3. The van der Waals surface area contributed by atoms with Gasteiger partial charge in [0.05, 0.1) is 6.20 Å². The van der Waals surface area contributed by atoms with Crippen LogP contribution in [0.3, 0.4) is 0 Å². The quantitative estimate of drug-likeness (QED) is 0.886. The fourth-order valence-corrected chi connectivity index (χ4v) is 1.89. The molecular weight excluding hydrogens is 238 g/mol. The lowest BCUT2D eigenvalue weighted by molar-refractivity contribution is 0.858. The summed E-state index contributed by atoms with van der Waals surface area (Å²) in [5, 5.41) is 11.3. The van der Waals surface area contributed by atoms with E-state index in [9.17, 15) is 0 Å². The Morgan fingerprint density at radius 1 is 1.26 bits per heavy atom. The number of nitrogens with zero attached hydrogens (tertiary/aromatic N) is 4. The molecule has 0 radical (unpaired) electrons. The number of hydrogen-bond acceptors (Lipinski definition) is 5. The summed E-state index contributed by atoms with van der Waals surface area (Å²) in [5.74, 6) is 1.46. The van der Waals surface area contributed by atoms with Gasteiger partial charge >= 0.3 is 0 Å². The van der Waals surface area contributed by atoms with E-state index < -0.39 is 0 Å². The first-order chi connectivity index (χ1) is 9.31. The first-order valence-corrected chi connectivity index (χ1v) is 6.52. The van der Waals surface area contributed by atoms with E-state index in [4.69, 9.17) is 0 Å². The maximum atomic E-state index is 4.49. The maximum Gasteiger partial charge on any atom is 0.244 e. The third kappa shape index (κ3) is 3.19. The molecule has 3 rings (SSSR count). The fourth-order valence-electron chi connectivity index (χ4n) is 1.89. The van der Waals surface area contributed by atoms with Crippen molar-refractivity contribution in [3.63, 3.8) is 0 Å². The van der Waals surface area contributed by atoms with Gasteiger partial charge in [0.15, 0.2) is 5.82 Å². The van der Waals surface area contributed by atoms with Crippen LogP contribution >= 0.6 is 0 Å². The van der Waals surface area contributed by atoms with Gasteiger partial charge in [0.25, 0.3) is 0 Å². The number of nitrogens with one attached hydrogen (secondary N) is 1. The first-order valence-electron chi connectivity index (χ1n) is 6.52. The Morgan fingerprint density at radius 2 is 2.05 bits per heavy atom. The van der Waals surface area contributed by atoms with Gasteiger partial charge in [0.1, 0.15) is 0 Å². The van der Waals surface area contributed by atoms with Crippen LogP contribution in [0.5, 0.6) is 0 Å². The molecule has 0 spiro atoms. The summed E-state index contributed by atoms with van der Waals surface area (Å²) in [6.07, 6.45) is 4.10. The SMILES string of the molecule is CN(Cc1ccccc1)c1cnnc(NC2CC2)n1. The average Bonchev–Trinajstić information content (AvgIpc) is 3.24. The van der Waals surface area contributed by atoms with E-state index in [1.54, 1.807) is 6.20 Å². The number of benzene rings is 1. The van der Waals surface area contributed by atoms with Crippen LogP contribution in [0.25, 0.3) is 0 Å². The van der Waals surface area contributed by atoms with E-state index in [2.05, 4.69) is 37.5 Å². The van der Waals surface area contributed by atoms with Gasteiger partial charge in [0, 0.05) is 19.6 Å². The van der Waals surface area contributed by atoms with Gasteiger partial charge in [-0.1, -0.05) is 30.3 Å². The molecule has 0 atom stereocenters. The predicted octanol–water partition coefficient (Wildman–Crippen LogP) is 2.08. The minimum Gasteiger partial charge on any atom is -0.354 e. The van der Waals surface area contributed by atoms with E-state index in [1.807, 2.05) is 25.2 Å². The van der Waals surface area contributed by atoms with E-state index >= 15 is 0 Å². The van der Waals surface area contributed by atoms with Crippen molar-refractivity contribution in [1.82, 2.24) is 15.2 Å². The number of hydrogen-bond donors (Lipinski definition) is 1. The molecule has 1 heterocycles. The van der Waals surface area contributed by atoms with Crippen molar-refractivity contribution in [2.45, 2.75) is 25.4 Å². The van der Waals surface area contributed by atoms with Crippen LogP contribution in [0.15, 0.2) is 36.5 Å². The van der Waals surface area contributed by atoms with E-state index in [1.165, 1.54) is 18.4 Å². The molecule has 1 N–H and O–H groups in total. The number of rotatable bonds is 5. The van der Waals surface area contributed by atoms with Crippen LogP contribution in [-0.4, -0.2) is 28.3 Å². The number of aromatic nitrogens is 3. The molecule has 1 fully saturated rings. The van der Waals surface area contributed by atoms with Crippen molar-refractivity contribution >= 4 is 11.8 Å². The van der Waals surface area contributed by atoms with Crippen LogP contribution in [0.4, 0.5) is 11.8 Å². The summed E-state index contributed by atoms with van der Waals surface area (Å²) in [6.45, 7) is 0.808. The Labute approximate surface area is 112 Å². The smallest absolute Gasteiger partial charge is 0.244 e. The van der Waals surface area contributed by atoms with Crippen molar-refractivity contribution in [1.29, 1.82) is 0 Å². The van der Waals surface area contributed by atoms with Crippen molar-refractivity contribution in [2.75, 3.05) is 17.3 Å². The molecule has 1 aromatic carbocycles. The van der Waals surface area contributed by atoms with Gasteiger partial charge in [0.2, 0.25) is 5.95 Å². The largest absolute Gasteiger partial charge is 0.354 e. The minimum absolute atomic E-state index is 0.538. The van der Waals surface area contributed by atoms with Crippen LogP contribution in [0.1, 0.15) is 18.4 Å². The predicted molar refractivity (Wildman–Crippen MR) is 75.0 cm³/mol. The van der Waals surface area contributed by atoms with Gasteiger partial charge in [-0.25, -0.2) is 0 Å². The van der Waals surface area contributed by atoms with E-state index in [0.717, 1.165) is 12.4 Å². The first kappa shape index (κ1) is 11.9. The lowest BCUT2D eigenvalue weighted by Gasteiger charge is -2.18. The molecule has 0 aliphatic heterocycles. The lowest BCUT2D eigenvalue weighted by Crippen LogP contribution is -2.19. The normalized spacial score (nSPS) is 14.2. The molecule has 5 nitrogen and oxygen atoms in total. The van der Waals surface area contributed by atoms with Gasteiger partial charge < -0.3 is 10.2 Å². The summed E-state index contributed by atoms with van der Waals surface area (Å²) in [7, 11) is 2.01. The summed E-state index contributed by atoms with van der Waals surface area (Å²) in [4.78, 5) is 6.56. The van der Waals surface area contributed by atoms with Crippen molar-refractivity contribution in [2.24, 2.45) is 0 Å². The van der Waals surface area contributed by atoms with Gasteiger partial charge in [-0.2, -0.15) is 10.1 Å². The molecular formula is C14H17N5. The van der Waals surface area contributed by atoms with Gasteiger partial charge in [-0.15, -0.1) is 5.10 Å². The third-order valence-corrected chi connectivity index (χ3v) is 3.11. The second kappa shape index (κ2) is 5.22.